The number of para-hydroxylation sites is 2. The van der Waals surface area contributed by atoms with Gasteiger partial charge < -0.3 is 20.8 Å². The van der Waals surface area contributed by atoms with Crippen LogP contribution in [0.15, 0.2) is 121 Å². The van der Waals surface area contributed by atoms with Crippen LogP contribution >= 0.6 is 0 Å². The van der Waals surface area contributed by atoms with Crippen molar-refractivity contribution < 1.29 is 10.2 Å². The first-order valence-corrected chi connectivity index (χ1v) is 12.8. The van der Waals surface area contributed by atoms with Crippen molar-refractivity contribution in [3.05, 3.63) is 132 Å². The number of rotatable bonds is 2. The van der Waals surface area contributed by atoms with Gasteiger partial charge in [-0.15, -0.1) is 0 Å². The van der Waals surface area contributed by atoms with Crippen molar-refractivity contribution in [2.45, 2.75) is 12.1 Å². The lowest BCUT2D eigenvalue weighted by atomic mass is 9.86. The molecule has 1 heterocycles. The standard InChI is InChI=1S/C34H26N2O2/c37-29-15-7-5-13-25(29)33-34(26-14-6-8-16-30(26)38)36-28-20-18-22-10-2-4-12-24(22)32(28)31-23-11-3-1-9-21(23)17-19-27(31)35-33/h1-20,33-38H/t33-,34-/m1/s1. The molecule has 0 saturated carbocycles. The Bertz CT molecular complexity index is 1690. The molecule has 0 spiro atoms. The number of anilines is 2. The van der Waals surface area contributed by atoms with Crippen molar-refractivity contribution in [1.29, 1.82) is 0 Å². The maximum Gasteiger partial charge on any atom is 0.120 e. The van der Waals surface area contributed by atoms with E-state index in [0.717, 1.165) is 55.2 Å². The van der Waals surface area contributed by atoms with Crippen LogP contribution < -0.4 is 10.6 Å². The molecule has 0 radical (unpaired) electrons. The van der Waals surface area contributed by atoms with Gasteiger partial charge in [0.05, 0.1) is 12.1 Å². The highest BCUT2D eigenvalue weighted by atomic mass is 16.3. The second kappa shape index (κ2) is 8.86. The zero-order valence-electron chi connectivity index (χ0n) is 20.6. The molecule has 0 aliphatic carbocycles. The predicted molar refractivity (Wildman–Crippen MR) is 156 cm³/mol. The second-order valence-corrected chi connectivity index (χ2v) is 9.78. The number of fused-ring (bicyclic) bond motifs is 7. The van der Waals surface area contributed by atoms with Gasteiger partial charge in [0.15, 0.2) is 0 Å². The molecule has 4 nitrogen and oxygen atoms in total. The van der Waals surface area contributed by atoms with Crippen molar-refractivity contribution >= 4 is 32.9 Å². The fourth-order valence-electron chi connectivity index (χ4n) is 5.84. The van der Waals surface area contributed by atoms with Gasteiger partial charge in [0.2, 0.25) is 0 Å². The monoisotopic (exact) mass is 494 g/mol. The topological polar surface area (TPSA) is 64.5 Å². The zero-order chi connectivity index (χ0) is 25.6. The first-order chi connectivity index (χ1) is 18.7. The van der Waals surface area contributed by atoms with Gasteiger partial charge >= 0.3 is 0 Å². The van der Waals surface area contributed by atoms with Crippen molar-refractivity contribution in [2.24, 2.45) is 0 Å². The van der Waals surface area contributed by atoms with Crippen LogP contribution in [0.2, 0.25) is 0 Å². The Balaban J connectivity index is 1.58. The van der Waals surface area contributed by atoms with E-state index in [1.807, 2.05) is 36.4 Å². The van der Waals surface area contributed by atoms with E-state index in [4.69, 9.17) is 0 Å². The quantitative estimate of drug-likeness (QED) is 0.195. The summed E-state index contributed by atoms with van der Waals surface area (Å²) in [5, 5.41) is 34.2. The van der Waals surface area contributed by atoms with Gasteiger partial charge in [0, 0.05) is 33.6 Å². The Kier molecular flexibility index (Phi) is 5.19. The van der Waals surface area contributed by atoms with Gasteiger partial charge in [-0.05, 0) is 45.8 Å². The molecule has 184 valence electrons. The van der Waals surface area contributed by atoms with E-state index in [0.29, 0.717) is 0 Å². The van der Waals surface area contributed by atoms with E-state index in [-0.39, 0.29) is 23.6 Å². The number of benzene rings is 6. The fourth-order valence-corrected chi connectivity index (χ4v) is 5.84. The van der Waals surface area contributed by atoms with Crippen molar-refractivity contribution in [3.8, 4) is 22.6 Å². The molecule has 1 aliphatic rings. The number of aromatic hydroxyl groups is 2. The number of phenolic OH excluding ortho intramolecular Hbond substituents is 2. The Morgan fingerprint density at radius 3 is 1.26 bits per heavy atom. The third-order valence-corrected chi connectivity index (χ3v) is 7.61. The van der Waals surface area contributed by atoms with Gasteiger partial charge in [-0.25, -0.2) is 0 Å². The second-order valence-electron chi connectivity index (χ2n) is 9.78. The molecule has 0 saturated heterocycles. The van der Waals surface area contributed by atoms with Crippen molar-refractivity contribution in [1.82, 2.24) is 0 Å². The zero-order valence-corrected chi connectivity index (χ0v) is 20.6. The molecule has 2 atom stereocenters. The van der Waals surface area contributed by atoms with E-state index < -0.39 is 0 Å². The van der Waals surface area contributed by atoms with Crippen LogP contribution in [0.4, 0.5) is 11.4 Å². The summed E-state index contributed by atoms with van der Waals surface area (Å²) in [7, 11) is 0. The first kappa shape index (κ1) is 22.3. The highest BCUT2D eigenvalue weighted by molar-refractivity contribution is 6.13. The van der Waals surface area contributed by atoms with Gasteiger partial charge in [-0.3, -0.25) is 0 Å². The molecule has 0 fully saturated rings. The Labute approximate surface area is 220 Å². The molecule has 0 aromatic heterocycles. The summed E-state index contributed by atoms with van der Waals surface area (Å²) in [5.41, 5.74) is 5.65. The van der Waals surface area contributed by atoms with E-state index in [1.165, 1.54) is 0 Å². The van der Waals surface area contributed by atoms with Gasteiger partial charge in [-0.1, -0.05) is 97.1 Å². The highest BCUT2D eigenvalue weighted by Gasteiger charge is 2.33. The van der Waals surface area contributed by atoms with Crippen LogP contribution in [0.1, 0.15) is 23.2 Å². The molecule has 38 heavy (non-hydrogen) atoms. The molecule has 4 heteroatoms. The summed E-state index contributed by atoms with van der Waals surface area (Å²) in [6, 6.07) is 39.4. The summed E-state index contributed by atoms with van der Waals surface area (Å²) in [6.45, 7) is 0. The van der Waals surface area contributed by atoms with E-state index in [9.17, 15) is 10.2 Å². The average Bonchev–Trinajstić information content (AvgIpc) is 2.94. The number of hydrogen-bond acceptors (Lipinski definition) is 4. The van der Waals surface area contributed by atoms with Crippen LogP contribution in [0.3, 0.4) is 0 Å². The molecular formula is C34H26N2O2. The van der Waals surface area contributed by atoms with Gasteiger partial charge in [0.1, 0.15) is 11.5 Å². The molecular weight excluding hydrogens is 468 g/mol. The summed E-state index contributed by atoms with van der Waals surface area (Å²) >= 11 is 0. The molecule has 1 aliphatic heterocycles. The lowest BCUT2D eigenvalue weighted by Gasteiger charge is -2.36. The largest absolute Gasteiger partial charge is 0.508 e. The third kappa shape index (κ3) is 3.53. The molecule has 6 aromatic rings. The fraction of sp³-hybridized carbons (Fsp3) is 0.0588. The summed E-state index contributed by atoms with van der Waals surface area (Å²) in [4.78, 5) is 0. The van der Waals surface area contributed by atoms with Gasteiger partial charge in [0.25, 0.3) is 0 Å². The smallest absolute Gasteiger partial charge is 0.120 e. The van der Waals surface area contributed by atoms with Crippen LogP contribution in [0.25, 0.3) is 32.7 Å². The maximum absolute atomic E-state index is 11.0. The highest BCUT2D eigenvalue weighted by Crippen LogP contribution is 2.50. The van der Waals surface area contributed by atoms with Gasteiger partial charge in [-0.2, -0.15) is 0 Å². The van der Waals surface area contributed by atoms with Crippen LogP contribution in [-0.4, -0.2) is 10.2 Å². The minimum absolute atomic E-state index is 0.203. The van der Waals surface area contributed by atoms with Crippen LogP contribution in [0, 0.1) is 0 Å². The number of phenols is 2. The summed E-state index contributed by atoms with van der Waals surface area (Å²) < 4.78 is 0. The molecule has 0 unspecified atom stereocenters. The molecule has 0 bridgehead atoms. The molecule has 6 aromatic carbocycles. The minimum atomic E-state index is -0.385. The Morgan fingerprint density at radius 2 is 0.816 bits per heavy atom. The third-order valence-electron chi connectivity index (χ3n) is 7.61. The normalized spacial score (nSPS) is 16.5. The minimum Gasteiger partial charge on any atom is -0.508 e. The van der Waals surface area contributed by atoms with Crippen molar-refractivity contribution in [3.63, 3.8) is 0 Å². The first-order valence-electron chi connectivity index (χ1n) is 12.8. The number of nitrogens with one attached hydrogen (secondary N) is 2. The van der Waals surface area contributed by atoms with E-state index in [1.54, 1.807) is 12.1 Å². The van der Waals surface area contributed by atoms with Crippen LogP contribution in [-0.2, 0) is 0 Å². The SMILES string of the molecule is Oc1ccccc1[C@H]1Nc2ccc3ccccc3c2-c2c(ccc3ccccc23)N[C@@H]1c1ccccc1O. The Morgan fingerprint density at radius 1 is 0.421 bits per heavy atom. The maximum atomic E-state index is 11.0. The molecule has 4 N–H and O–H groups in total. The van der Waals surface area contributed by atoms with E-state index in [2.05, 4.69) is 83.4 Å². The Hall–Kier alpha value is -4.96. The predicted octanol–water partition coefficient (Wildman–Crippen LogP) is 8.39. The summed E-state index contributed by atoms with van der Waals surface area (Å²) in [5.74, 6) is 0.405. The average molecular weight is 495 g/mol. The summed E-state index contributed by atoms with van der Waals surface area (Å²) in [6.07, 6.45) is 0. The lowest BCUT2D eigenvalue weighted by Crippen LogP contribution is -2.27. The number of hydrogen-bond donors (Lipinski definition) is 4. The van der Waals surface area contributed by atoms with E-state index >= 15 is 0 Å². The molecule has 7 rings (SSSR count). The van der Waals surface area contributed by atoms with Crippen molar-refractivity contribution in [2.75, 3.05) is 10.6 Å². The van der Waals surface area contributed by atoms with Crippen LogP contribution in [0.5, 0.6) is 11.5 Å². The molecule has 0 amide bonds. The lowest BCUT2D eigenvalue weighted by molar-refractivity contribution is 0.447.